The Kier molecular flexibility index (Phi) is 8.73. The molecule has 0 fully saturated rings. The molecular formula is C13H29NO4. The molecule has 2 N–H and O–H groups in total. The molecule has 0 rings (SSSR count). The molecule has 18 heavy (non-hydrogen) atoms. The van der Waals surface area contributed by atoms with Gasteiger partial charge in [-0.05, 0) is 27.3 Å². The fourth-order valence-corrected chi connectivity index (χ4v) is 1.76. The van der Waals surface area contributed by atoms with E-state index in [-0.39, 0.29) is 12.7 Å². The van der Waals surface area contributed by atoms with E-state index in [4.69, 9.17) is 9.47 Å². The number of ether oxygens (including phenoxy) is 2. The van der Waals surface area contributed by atoms with Crippen LogP contribution in [-0.2, 0) is 9.47 Å². The molecule has 0 aliphatic heterocycles. The minimum Gasteiger partial charge on any atom is -0.389 e. The number of methoxy groups -OCH3 is 1. The highest BCUT2D eigenvalue weighted by atomic mass is 16.5. The Morgan fingerprint density at radius 3 is 2.33 bits per heavy atom. The van der Waals surface area contributed by atoms with Crippen LogP contribution >= 0.6 is 0 Å². The molecule has 0 aliphatic carbocycles. The molecule has 5 heteroatoms. The summed E-state index contributed by atoms with van der Waals surface area (Å²) in [5.41, 5.74) is -0.750. The molecule has 0 bridgehead atoms. The molecule has 2 unspecified atom stereocenters. The molecule has 0 aromatic rings. The highest BCUT2D eigenvalue weighted by Gasteiger charge is 2.19. The van der Waals surface area contributed by atoms with Crippen LogP contribution in [0.1, 0.15) is 27.7 Å². The Hall–Kier alpha value is -0.200. The second kappa shape index (κ2) is 8.82. The van der Waals surface area contributed by atoms with E-state index in [9.17, 15) is 10.2 Å². The number of hydrogen-bond donors (Lipinski definition) is 2. The molecule has 0 saturated heterocycles. The SMILES string of the molecule is CCN(CC(O)COC(C)COC)CC(C)(C)O. The third-order valence-electron chi connectivity index (χ3n) is 2.50. The zero-order valence-electron chi connectivity index (χ0n) is 12.3. The Morgan fingerprint density at radius 1 is 1.28 bits per heavy atom. The minimum atomic E-state index is -0.750. The Morgan fingerprint density at radius 2 is 1.89 bits per heavy atom. The van der Waals surface area contributed by atoms with E-state index >= 15 is 0 Å². The highest BCUT2D eigenvalue weighted by molar-refractivity contribution is 4.73. The molecule has 0 saturated carbocycles. The smallest absolute Gasteiger partial charge is 0.0900 e. The van der Waals surface area contributed by atoms with Crippen molar-refractivity contribution in [2.75, 3.05) is 40.0 Å². The maximum Gasteiger partial charge on any atom is 0.0900 e. The van der Waals surface area contributed by atoms with Gasteiger partial charge in [0.1, 0.15) is 0 Å². The van der Waals surface area contributed by atoms with Crippen molar-refractivity contribution < 1.29 is 19.7 Å². The number of rotatable bonds is 10. The van der Waals surface area contributed by atoms with Crippen molar-refractivity contribution in [3.8, 4) is 0 Å². The van der Waals surface area contributed by atoms with Crippen LogP contribution in [-0.4, -0.2) is 72.9 Å². The molecule has 0 radical (unpaired) electrons. The lowest BCUT2D eigenvalue weighted by molar-refractivity contribution is -0.0459. The van der Waals surface area contributed by atoms with Gasteiger partial charge in [0, 0.05) is 20.2 Å². The predicted molar refractivity (Wildman–Crippen MR) is 71.7 cm³/mol. The van der Waals surface area contributed by atoms with E-state index < -0.39 is 11.7 Å². The second-order valence-corrected chi connectivity index (χ2v) is 5.39. The molecule has 0 heterocycles. The van der Waals surface area contributed by atoms with Crippen LogP contribution < -0.4 is 0 Å². The fraction of sp³-hybridized carbons (Fsp3) is 1.00. The number of hydrogen-bond acceptors (Lipinski definition) is 5. The van der Waals surface area contributed by atoms with Crippen molar-refractivity contribution in [2.45, 2.75) is 45.5 Å². The van der Waals surface area contributed by atoms with E-state index in [1.807, 2.05) is 18.7 Å². The van der Waals surface area contributed by atoms with Crippen molar-refractivity contribution in [3.63, 3.8) is 0 Å². The molecule has 110 valence electrons. The highest BCUT2D eigenvalue weighted by Crippen LogP contribution is 2.06. The molecule has 0 aromatic carbocycles. The third kappa shape index (κ3) is 9.79. The van der Waals surface area contributed by atoms with Crippen LogP contribution in [0.5, 0.6) is 0 Å². The van der Waals surface area contributed by atoms with Gasteiger partial charge in [-0.15, -0.1) is 0 Å². The van der Waals surface area contributed by atoms with Gasteiger partial charge < -0.3 is 19.7 Å². The van der Waals surface area contributed by atoms with Crippen LogP contribution in [0.3, 0.4) is 0 Å². The number of nitrogens with zero attached hydrogens (tertiary/aromatic N) is 1. The summed E-state index contributed by atoms with van der Waals surface area (Å²) in [7, 11) is 1.62. The van der Waals surface area contributed by atoms with Crippen LogP contribution in [0.15, 0.2) is 0 Å². The summed E-state index contributed by atoms with van der Waals surface area (Å²) in [5, 5.41) is 19.6. The summed E-state index contributed by atoms with van der Waals surface area (Å²) in [6.45, 7) is 10.1. The summed E-state index contributed by atoms with van der Waals surface area (Å²) in [4.78, 5) is 2.01. The van der Waals surface area contributed by atoms with Gasteiger partial charge in [-0.1, -0.05) is 6.92 Å². The number of aliphatic hydroxyl groups excluding tert-OH is 1. The molecule has 0 aromatic heterocycles. The van der Waals surface area contributed by atoms with Gasteiger partial charge in [-0.25, -0.2) is 0 Å². The lowest BCUT2D eigenvalue weighted by atomic mass is 10.1. The van der Waals surface area contributed by atoms with Gasteiger partial charge in [0.05, 0.1) is 31.0 Å². The van der Waals surface area contributed by atoms with Crippen LogP contribution in [0, 0.1) is 0 Å². The zero-order chi connectivity index (χ0) is 14.2. The Balaban J connectivity index is 3.93. The lowest BCUT2D eigenvalue weighted by Crippen LogP contribution is -2.43. The van der Waals surface area contributed by atoms with E-state index in [2.05, 4.69) is 0 Å². The van der Waals surface area contributed by atoms with Crippen molar-refractivity contribution in [3.05, 3.63) is 0 Å². The average molecular weight is 263 g/mol. The predicted octanol–water partition coefficient (Wildman–Crippen LogP) is 0.492. The molecule has 0 aliphatic rings. The molecular weight excluding hydrogens is 234 g/mol. The van der Waals surface area contributed by atoms with Crippen molar-refractivity contribution in [1.82, 2.24) is 4.90 Å². The summed E-state index contributed by atoms with van der Waals surface area (Å²) in [5.74, 6) is 0. The van der Waals surface area contributed by atoms with E-state index in [1.54, 1.807) is 21.0 Å². The van der Waals surface area contributed by atoms with E-state index in [0.717, 1.165) is 6.54 Å². The van der Waals surface area contributed by atoms with Gasteiger partial charge in [0.15, 0.2) is 0 Å². The molecule has 5 nitrogen and oxygen atoms in total. The maximum absolute atomic E-state index is 9.88. The summed E-state index contributed by atoms with van der Waals surface area (Å²) < 4.78 is 10.4. The van der Waals surface area contributed by atoms with Gasteiger partial charge in [-0.3, -0.25) is 4.90 Å². The number of aliphatic hydroxyl groups is 2. The van der Waals surface area contributed by atoms with Crippen molar-refractivity contribution in [1.29, 1.82) is 0 Å². The van der Waals surface area contributed by atoms with Crippen LogP contribution in [0.25, 0.3) is 0 Å². The number of likely N-dealkylation sites (N-methyl/N-ethyl adjacent to an activating group) is 1. The maximum atomic E-state index is 9.88. The zero-order valence-corrected chi connectivity index (χ0v) is 12.3. The van der Waals surface area contributed by atoms with Gasteiger partial charge in [0.2, 0.25) is 0 Å². The normalized spacial score (nSPS) is 16.0. The van der Waals surface area contributed by atoms with Gasteiger partial charge in [0.25, 0.3) is 0 Å². The third-order valence-corrected chi connectivity index (χ3v) is 2.50. The van der Waals surface area contributed by atoms with Crippen LogP contribution in [0.2, 0.25) is 0 Å². The standard InChI is InChI=1S/C13H29NO4/c1-6-14(10-13(3,4)16)7-12(15)9-18-11(2)8-17-5/h11-12,15-16H,6-10H2,1-5H3. The van der Waals surface area contributed by atoms with Crippen molar-refractivity contribution >= 4 is 0 Å². The first-order chi connectivity index (χ1) is 8.28. The Labute approximate surface area is 111 Å². The van der Waals surface area contributed by atoms with E-state index in [0.29, 0.717) is 19.7 Å². The monoisotopic (exact) mass is 263 g/mol. The largest absolute Gasteiger partial charge is 0.389 e. The topological polar surface area (TPSA) is 62.2 Å². The summed E-state index contributed by atoms with van der Waals surface area (Å²) >= 11 is 0. The quantitative estimate of drug-likeness (QED) is 0.601. The first kappa shape index (κ1) is 17.8. The van der Waals surface area contributed by atoms with Gasteiger partial charge in [-0.2, -0.15) is 0 Å². The van der Waals surface area contributed by atoms with Crippen LogP contribution in [0.4, 0.5) is 0 Å². The fourth-order valence-electron chi connectivity index (χ4n) is 1.76. The lowest BCUT2D eigenvalue weighted by Gasteiger charge is -2.29. The first-order valence-corrected chi connectivity index (χ1v) is 6.51. The molecule has 0 amide bonds. The van der Waals surface area contributed by atoms with E-state index in [1.165, 1.54) is 0 Å². The van der Waals surface area contributed by atoms with Gasteiger partial charge >= 0.3 is 0 Å². The first-order valence-electron chi connectivity index (χ1n) is 6.51. The minimum absolute atomic E-state index is 0.0194. The summed E-state index contributed by atoms with van der Waals surface area (Å²) in [6.07, 6.45) is -0.569. The molecule has 0 spiro atoms. The summed E-state index contributed by atoms with van der Waals surface area (Å²) in [6, 6.07) is 0. The Bertz CT molecular complexity index is 206. The molecule has 2 atom stereocenters. The van der Waals surface area contributed by atoms with Crippen molar-refractivity contribution in [2.24, 2.45) is 0 Å². The second-order valence-electron chi connectivity index (χ2n) is 5.39. The average Bonchev–Trinajstić information content (AvgIpc) is 2.24.